The van der Waals surface area contributed by atoms with Crippen LogP contribution in [0.1, 0.15) is 20.3 Å². The summed E-state index contributed by atoms with van der Waals surface area (Å²) in [7, 11) is 0. The van der Waals surface area contributed by atoms with Crippen molar-refractivity contribution in [2.45, 2.75) is 32.5 Å². The Morgan fingerprint density at radius 1 is 1.30 bits per heavy atom. The Morgan fingerprint density at radius 2 is 1.80 bits per heavy atom. The van der Waals surface area contributed by atoms with Crippen molar-refractivity contribution in [3.05, 3.63) is 0 Å². The van der Waals surface area contributed by atoms with Crippen LogP contribution in [0, 0.1) is 0 Å². The van der Waals surface area contributed by atoms with E-state index in [9.17, 15) is 13.2 Å². The first-order chi connectivity index (χ1) is 4.52. The average Bonchev–Trinajstić information content (AvgIpc) is 1.80. The first-order valence-corrected chi connectivity index (χ1v) is 3.32. The zero-order chi connectivity index (χ0) is 8.20. The van der Waals surface area contributed by atoms with Gasteiger partial charge in [0.25, 0.3) is 0 Å². The first-order valence-electron chi connectivity index (χ1n) is 3.32. The molecular formula is C6H12F3N. The summed E-state index contributed by atoms with van der Waals surface area (Å²) in [5.41, 5.74) is 0. The Balaban J connectivity index is 3.81. The highest BCUT2D eigenvalue weighted by atomic mass is 19.4. The molecule has 4 heteroatoms. The van der Waals surface area contributed by atoms with Crippen LogP contribution < -0.4 is 5.32 Å². The van der Waals surface area contributed by atoms with Crippen LogP contribution in [0.4, 0.5) is 13.2 Å². The normalized spacial score (nSPS) is 15.3. The second-order valence-corrected chi connectivity index (χ2v) is 2.06. The fourth-order valence-electron chi connectivity index (χ4n) is 0.738. The molecule has 0 spiro atoms. The summed E-state index contributed by atoms with van der Waals surface area (Å²) in [5, 5.41) is 2.35. The van der Waals surface area contributed by atoms with Crippen LogP contribution in [-0.4, -0.2) is 18.8 Å². The number of halogens is 3. The van der Waals surface area contributed by atoms with Gasteiger partial charge in [0.1, 0.15) is 6.04 Å². The topological polar surface area (TPSA) is 12.0 Å². The van der Waals surface area contributed by atoms with Gasteiger partial charge in [0, 0.05) is 0 Å². The van der Waals surface area contributed by atoms with Crippen LogP contribution in [0.25, 0.3) is 0 Å². The molecule has 0 saturated carbocycles. The molecule has 0 bridgehead atoms. The maximum Gasteiger partial charge on any atom is 0.403 e. The third-order valence-electron chi connectivity index (χ3n) is 1.25. The summed E-state index contributed by atoms with van der Waals surface area (Å²) < 4.78 is 35.5. The van der Waals surface area contributed by atoms with Crippen molar-refractivity contribution in [1.29, 1.82) is 0 Å². The molecule has 0 fully saturated rings. The summed E-state index contributed by atoms with van der Waals surface area (Å²) in [6.45, 7) is 3.53. The van der Waals surface area contributed by atoms with Gasteiger partial charge in [-0.2, -0.15) is 13.2 Å². The van der Waals surface area contributed by atoms with E-state index in [0.717, 1.165) is 0 Å². The van der Waals surface area contributed by atoms with Gasteiger partial charge in [0.05, 0.1) is 0 Å². The van der Waals surface area contributed by atoms with Crippen molar-refractivity contribution in [3.8, 4) is 0 Å². The highest BCUT2D eigenvalue weighted by Crippen LogP contribution is 2.21. The van der Waals surface area contributed by atoms with Gasteiger partial charge in [-0.05, 0) is 13.0 Å². The van der Waals surface area contributed by atoms with E-state index in [4.69, 9.17) is 0 Å². The van der Waals surface area contributed by atoms with Gasteiger partial charge < -0.3 is 5.32 Å². The molecule has 0 aromatic rings. The van der Waals surface area contributed by atoms with Crippen molar-refractivity contribution in [1.82, 2.24) is 5.32 Å². The number of hydrogen-bond acceptors (Lipinski definition) is 1. The van der Waals surface area contributed by atoms with E-state index in [-0.39, 0.29) is 6.42 Å². The fourth-order valence-corrected chi connectivity index (χ4v) is 0.738. The van der Waals surface area contributed by atoms with Crippen LogP contribution in [-0.2, 0) is 0 Å². The predicted molar refractivity (Wildman–Crippen MR) is 33.8 cm³/mol. The van der Waals surface area contributed by atoms with Crippen LogP contribution in [0.3, 0.4) is 0 Å². The minimum Gasteiger partial charge on any atom is -0.306 e. The molecule has 0 heterocycles. The molecule has 62 valence electrons. The van der Waals surface area contributed by atoms with Crippen molar-refractivity contribution >= 4 is 0 Å². The SMILES string of the molecule is CCN[C@H](CC)C(F)(F)F. The molecule has 0 radical (unpaired) electrons. The van der Waals surface area contributed by atoms with Crippen molar-refractivity contribution in [2.24, 2.45) is 0 Å². The van der Waals surface area contributed by atoms with Crippen LogP contribution in [0.15, 0.2) is 0 Å². The lowest BCUT2D eigenvalue weighted by molar-refractivity contribution is -0.156. The van der Waals surface area contributed by atoms with E-state index >= 15 is 0 Å². The fraction of sp³-hybridized carbons (Fsp3) is 1.00. The van der Waals surface area contributed by atoms with Crippen LogP contribution in [0.2, 0.25) is 0 Å². The summed E-state index contributed by atoms with van der Waals surface area (Å²) in [5.74, 6) is 0. The maximum absolute atomic E-state index is 11.8. The third-order valence-corrected chi connectivity index (χ3v) is 1.25. The average molecular weight is 155 g/mol. The Bertz CT molecular complexity index is 89.5. The third kappa shape index (κ3) is 3.06. The van der Waals surface area contributed by atoms with Crippen molar-refractivity contribution in [2.75, 3.05) is 6.54 Å². The summed E-state index contributed by atoms with van der Waals surface area (Å²) in [6, 6.07) is -1.34. The van der Waals surface area contributed by atoms with Crippen molar-refractivity contribution < 1.29 is 13.2 Å². The lowest BCUT2D eigenvalue weighted by Crippen LogP contribution is -2.41. The molecule has 0 amide bonds. The molecule has 0 aliphatic carbocycles. The van der Waals surface area contributed by atoms with E-state index in [1.807, 2.05) is 0 Å². The van der Waals surface area contributed by atoms with Gasteiger partial charge in [0.2, 0.25) is 0 Å². The van der Waals surface area contributed by atoms with Crippen LogP contribution >= 0.6 is 0 Å². The van der Waals surface area contributed by atoms with Gasteiger partial charge in [0.15, 0.2) is 0 Å². The Kier molecular flexibility index (Phi) is 3.71. The van der Waals surface area contributed by atoms with E-state index in [1.165, 1.54) is 6.92 Å². The molecule has 0 unspecified atom stereocenters. The highest BCUT2D eigenvalue weighted by molar-refractivity contribution is 4.71. The van der Waals surface area contributed by atoms with Crippen molar-refractivity contribution in [3.63, 3.8) is 0 Å². The molecule has 0 aromatic heterocycles. The summed E-state index contributed by atoms with van der Waals surface area (Å²) >= 11 is 0. The minimum atomic E-state index is -4.09. The minimum absolute atomic E-state index is 0.0946. The molecular weight excluding hydrogens is 143 g/mol. The number of alkyl halides is 3. The highest BCUT2D eigenvalue weighted by Gasteiger charge is 2.37. The molecule has 0 aliphatic heterocycles. The molecule has 0 saturated heterocycles. The predicted octanol–water partition coefficient (Wildman–Crippen LogP) is 1.94. The van der Waals surface area contributed by atoms with Gasteiger partial charge in [-0.1, -0.05) is 13.8 Å². The monoisotopic (exact) mass is 155 g/mol. The van der Waals surface area contributed by atoms with Gasteiger partial charge in [-0.25, -0.2) is 0 Å². The zero-order valence-corrected chi connectivity index (χ0v) is 6.13. The van der Waals surface area contributed by atoms with E-state index in [2.05, 4.69) is 5.32 Å². The lowest BCUT2D eigenvalue weighted by Gasteiger charge is -2.18. The lowest BCUT2D eigenvalue weighted by atomic mass is 10.2. The first kappa shape index (κ1) is 9.75. The molecule has 1 nitrogen and oxygen atoms in total. The maximum atomic E-state index is 11.8. The van der Waals surface area contributed by atoms with Gasteiger partial charge in [-0.15, -0.1) is 0 Å². The second kappa shape index (κ2) is 3.81. The molecule has 0 rings (SSSR count). The smallest absolute Gasteiger partial charge is 0.306 e. The van der Waals surface area contributed by atoms with E-state index in [1.54, 1.807) is 6.92 Å². The Hall–Kier alpha value is -0.250. The molecule has 0 aromatic carbocycles. The number of hydrogen-bond donors (Lipinski definition) is 1. The Morgan fingerprint density at radius 3 is 1.90 bits per heavy atom. The van der Waals surface area contributed by atoms with Gasteiger partial charge >= 0.3 is 6.18 Å². The van der Waals surface area contributed by atoms with E-state index < -0.39 is 12.2 Å². The van der Waals surface area contributed by atoms with Gasteiger partial charge in [-0.3, -0.25) is 0 Å². The van der Waals surface area contributed by atoms with E-state index in [0.29, 0.717) is 6.54 Å². The second-order valence-electron chi connectivity index (χ2n) is 2.06. The molecule has 10 heavy (non-hydrogen) atoms. The number of rotatable bonds is 3. The van der Waals surface area contributed by atoms with Crippen LogP contribution in [0.5, 0.6) is 0 Å². The molecule has 0 aliphatic rings. The standard InChI is InChI=1S/C6H12F3N/c1-3-5(10-4-2)6(7,8)9/h5,10H,3-4H2,1-2H3/t5-/m1/s1. The largest absolute Gasteiger partial charge is 0.403 e. The Labute approximate surface area is 58.6 Å². The molecule has 1 atom stereocenters. The summed E-state index contributed by atoms with van der Waals surface area (Å²) in [6.07, 6.45) is -4.00. The molecule has 1 N–H and O–H groups in total. The number of nitrogens with one attached hydrogen (secondary N) is 1. The summed E-state index contributed by atoms with van der Waals surface area (Å²) in [4.78, 5) is 0. The quantitative estimate of drug-likeness (QED) is 0.656. The zero-order valence-electron chi connectivity index (χ0n) is 6.13.